The van der Waals surface area contributed by atoms with Gasteiger partial charge in [0.2, 0.25) is 15.9 Å². The van der Waals surface area contributed by atoms with Gasteiger partial charge in [0.15, 0.2) is 5.58 Å². The van der Waals surface area contributed by atoms with Gasteiger partial charge in [-0.25, -0.2) is 13.4 Å². The van der Waals surface area contributed by atoms with Gasteiger partial charge in [-0.3, -0.25) is 9.69 Å². The van der Waals surface area contributed by atoms with Gasteiger partial charge in [0.25, 0.3) is 5.91 Å². The summed E-state index contributed by atoms with van der Waals surface area (Å²) in [6.45, 7) is 5.82. The van der Waals surface area contributed by atoms with Gasteiger partial charge in [-0.15, -0.1) is 0 Å². The quantitative estimate of drug-likeness (QED) is 0.511. The molecule has 0 N–H and O–H groups in total. The summed E-state index contributed by atoms with van der Waals surface area (Å²) < 4.78 is 33.5. The van der Waals surface area contributed by atoms with Crippen LogP contribution in [0.2, 0.25) is 5.02 Å². The van der Waals surface area contributed by atoms with E-state index in [9.17, 15) is 13.2 Å². The van der Waals surface area contributed by atoms with E-state index in [0.29, 0.717) is 60.3 Å². The van der Waals surface area contributed by atoms with Crippen LogP contribution in [0.1, 0.15) is 41.1 Å². The molecule has 0 saturated carbocycles. The normalized spacial score (nSPS) is 18.3. The topological polar surface area (TPSA) is 87.0 Å². The Morgan fingerprint density at radius 2 is 1.74 bits per heavy atom. The summed E-state index contributed by atoms with van der Waals surface area (Å²) >= 11 is 6.14. The first kappa shape index (κ1) is 24.2. The molecule has 0 radical (unpaired) electrons. The minimum Gasteiger partial charge on any atom is -0.439 e. The van der Waals surface area contributed by atoms with Crippen LogP contribution in [0.4, 0.5) is 0 Å². The van der Waals surface area contributed by atoms with Crippen molar-refractivity contribution >= 4 is 38.6 Å². The summed E-state index contributed by atoms with van der Waals surface area (Å²) in [6.07, 6.45) is 3.28. The molecule has 2 saturated heterocycles. The molecule has 0 spiro atoms. The lowest BCUT2D eigenvalue weighted by Crippen LogP contribution is -2.48. The molecule has 5 rings (SSSR count). The van der Waals surface area contributed by atoms with E-state index < -0.39 is 10.0 Å². The lowest BCUT2D eigenvalue weighted by atomic mass is 10.1. The molecule has 2 aromatic carbocycles. The molecule has 1 aromatic heterocycles. The van der Waals surface area contributed by atoms with Crippen LogP contribution in [0.3, 0.4) is 0 Å². The second-order valence-electron chi connectivity index (χ2n) is 9.23. The predicted molar refractivity (Wildman–Crippen MR) is 134 cm³/mol. The van der Waals surface area contributed by atoms with Gasteiger partial charge in [-0.2, -0.15) is 4.31 Å². The zero-order chi connectivity index (χ0) is 24.6. The number of aromatic nitrogens is 1. The Morgan fingerprint density at radius 3 is 2.46 bits per heavy atom. The number of amides is 1. The van der Waals surface area contributed by atoms with Gasteiger partial charge in [-0.1, -0.05) is 17.7 Å². The Morgan fingerprint density at radius 1 is 1.00 bits per heavy atom. The molecule has 35 heavy (non-hydrogen) atoms. The van der Waals surface area contributed by atoms with Gasteiger partial charge in [-0.05, 0) is 62.1 Å². The molecule has 3 aromatic rings. The monoisotopic (exact) mass is 516 g/mol. The fourth-order valence-electron chi connectivity index (χ4n) is 4.66. The summed E-state index contributed by atoms with van der Waals surface area (Å²) in [6, 6.07) is 10.3. The zero-order valence-corrected chi connectivity index (χ0v) is 21.3. The molecule has 0 atom stereocenters. The van der Waals surface area contributed by atoms with Crippen molar-refractivity contribution in [3.63, 3.8) is 0 Å². The smallest absolute Gasteiger partial charge is 0.253 e. The molecule has 0 unspecified atom stereocenters. The van der Waals surface area contributed by atoms with E-state index in [4.69, 9.17) is 16.0 Å². The van der Waals surface area contributed by atoms with Crippen LogP contribution in [-0.2, 0) is 16.6 Å². The Bertz CT molecular complexity index is 1340. The van der Waals surface area contributed by atoms with E-state index in [1.54, 1.807) is 30.3 Å². The van der Waals surface area contributed by atoms with E-state index in [1.165, 1.54) is 16.8 Å². The first-order valence-electron chi connectivity index (χ1n) is 12.0. The van der Waals surface area contributed by atoms with Crippen molar-refractivity contribution in [2.75, 3.05) is 39.3 Å². The third kappa shape index (κ3) is 5.09. The molecule has 2 fully saturated rings. The highest BCUT2D eigenvalue weighted by Crippen LogP contribution is 2.25. The van der Waals surface area contributed by atoms with E-state index in [2.05, 4.69) is 9.88 Å². The Labute approximate surface area is 210 Å². The second kappa shape index (κ2) is 9.89. The number of fused-ring (bicyclic) bond motifs is 1. The largest absolute Gasteiger partial charge is 0.439 e. The van der Waals surface area contributed by atoms with Crippen LogP contribution in [-0.4, -0.2) is 72.7 Å². The maximum atomic E-state index is 13.0. The highest BCUT2D eigenvalue weighted by Gasteiger charge is 2.29. The minimum atomic E-state index is -3.59. The fourth-order valence-corrected chi connectivity index (χ4v) is 6.35. The number of hydrogen-bond acceptors (Lipinski definition) is 6. The number of rotatable bonds is 5. The summed E-state index contributed by atoms with van der Waals surface area (Å²) in [5.41, 5.74) is 2.79. The van der Waals surface area contributed by atoms with Crippen LogP contribution < -0.4 is 0 Å². The summed E-state index contributed by atoms with van der Waals surface area (Å²) in [5.74, 6) is 0.604. The molecule has 186 valence electrons. The molecule has 1 amide bonds. The maximum Gasteiger partial charge on any atom is 0.253 e. The number of carbonyl (C=O) groups is 1. The standard InChI is InChI=1S/C25H29ClN4O4S/c1-18-5-7-20(16-21(18)26)35(32,33)30-13-11-28(12-14-30)17-24-27-22-15-19(6-8-23(22)34-24)25(31)29-9-3-2-4-10-29/h5-8,15-16H,2-4,9-14,17H2,1H3. The first-order valence-corrected chi connectivity index (χ1v) is 13.8. The first-order chi connectivity index (χ1) is 16.8. The van der Waals surface area contributed by atoms with Crippen molar-refractivity contribution in [2.45, 2.75) is 37.6 Å². The summed E-state index contributed by atoms with van der Waals surface area (Å²) in [7, 11) is -3.59. The number of benzene rings is 2. The van der Waals surface area contributed by atoms with Gasteiger partial charge in [0, 0.05) is 49.9 Å². The minimum absolute atomic E-state index is 0.0448. The number of sulfonamides is 1. The third-order valence-electron chi connectivity index (χ3n) is 6.79. The number of piperazine rings is 1. The average molecular weight is 517 g/mol. The highest BCUT2D eigenvalue weighted by molar-refractivity contribution is 7.89. The molecule has 10 heteroatoms. The van der Waals surface area contributed by atoms with Gasteiger partial charge in [0.05, 0.1) is 11.4 Å². The SMILES string of the molecule is Cc1ccc(S(=O)(=O)N2CCN(Cc3nc4cc(C(=O)N5CCCCC5)ccc4o3)CC2)cc1Cl. The van der Waals surface area contributed by atoms with E-state index in [-0.39, 0.29) is 10.8 Å². The number of likely N-dealkylation sites (tertiary alicyclic amines) is 1. The number of oxazole rings is 1. The molecule has 8 nitrogen and oxygen atoms in total. The van der Waals surface area contributed by atoms with Crippen molar-refractivity contribution in [3.8, 4) is 0 Å². The number of halogens is 1. The molecule has 2 aliphatic heterocycles. The average Bonchev–Trinajstić information content (AvgIpc) is 3.27. The number of nitrogens with zero attached hydrogens (tertiary/aromatic N) is 4. The fraction of sp³-hybridized carbons (Fsp3) is 0.440. The lowest BCUT2D eigenvalue weighted by Gasteiger charge is -2.33. The number of piperidine rings is 1. The van der Waals surface area contributed by atoms with E-state index >= 15 is 0 Å². The lowest BCUT2D eigenvalue weighted by molar-refractivity contribution is 0.0724. The van der Waals surface area contributed by atoms with Gasteiger partial charge < -0.3 is 9.32 Å². The molecule has 0 bridgehead atoms. The molecular weight excluding hydrogens is 488 g/mol. The van der Waals surface area contributed by atoms with E-state index in [0.717, 1.165) is 31.5 Å². The maximum absolute atomic E-state index is 13.0. The Hall–Kier alpha value is -2.46. The van der Waals surface area contributed by atoms with Crippen LogP contribution in [0.15, 0.2) is 45.7 Å². The Balaban J connectivity index is 1.22. The zero-order valence-electron chi connectivity index (χ0n) is 19.7. The summed E-state index contributed by atoms with van der Waals surface area (Å²) in [5, 5.41) is 0.446. The molecule has 2 aliphatic rings. The van der Waals surface area contributed by atoms with E-state index in [1.807, 2.05) is 11.8 Å². The highest BCUT2D eigenvalue weighted by atomic mass is 35.5. The van der Waals surface area contributed by atoms with Crippen molar-refractivity contribution in [1.29, 1.82) is 0 Å². The molecule has 0 aliphatic carbocycles. The third-order valence-corrected chi connectivity index (χ3v) is 9.10. The van der Waals surface area contributed by atoms with Crippen molar-refractivity contribution in [3.05, 3.63) is 58.4 Å². The molecule has 3 heterocycles. The van der Waals surface area contributed by atoms with Gasteiger partial charge in [0.1, 0.15) is 5.52 Å². The second-order valence-corrected chi connectivity index (χ2v) is 11.6. The van der Waals surface area contributed by atoms with Crippen molar-refractivity contribution in [1.82, 2.24) is 19.1 Å². The van der Waals surface area contributed by atoms with Crippen molar-refractivity contribution in [2.24, 2.45) is 0 Å². The predicted octanol–water partition coefficient (Wildman–Crippen LogP) is 3.92. The number of carbonyl (C=O) groups excluding carboxylic acids is 1. The number of aryl methyl sites for hydroxylation is 1. The molecular formula is C25H29ClN4O4S. The number of hydrogen-bond donors (Lipinski definition) is 0. The van der Waals surface area contributed by atoms with Crippen LogP contribution >= 0.6 is 11.6 Å². The van der Waals surface area contributed by atoms with Gasteiger partial charge >= 0.3 is 0 Å². The van der Waals surface area contributed by atoms with Crippen molar-refractivity contribution < 1.29 is 17.6 Å². The van der Waals surface area contributed by atoms with Crippen LogP contribution in [0.5, 0.6) is 0 Å². The Kier molecular flexibility index (Phi) is 6.85. The summed E-state index contributed by atoms with van der Waals surface area (Å²) in [4.78, 5) is 21.7. The van der Waals surface area contributed by atoms with Crippen LogP contribution in [0.25, 0.3) is 11.1 Å². The van der Waals surface area contributed by atoms with Crippen LogP contribution in [0, 0.1) is 6.92 Å².